The zero-order valence-corrected chi connectivity index (χ0v) is 9.58. The fraction of sp³-hybridized carbons (Fsp3) is 0. The molecular weight excluding hydrogens is 242 g/mol. The maximum absolute atomic E-state index is 10.5. The Balaban J connectivity index is 0.000000202. The van der Waals surface area contributed by atoms with Crippen molar-refractivity contribution in [3.05, 3.63) is 49.1 Å². The first-order chi connectivity index (χ1) is 8.00. The van der Waals surface area contributed by atoms with Crippen LogP contribution in [-0.4, -0.2) is 22.9 Å². The predicted molar refractivity (Wildman–Crippen MR) is 62.7 cm³/mol. The number of rotatable bonds is 1. The predicted octanol–water partition coefficient (Wildman–Crippen LogP) is 0.992. The summed E-state index contributed by atoms with van der Waals surface area (Å²) in [6.45, 7) is 0. The van der Waals surface area contributed by atoms with E-state index in [9.17, 15) is 8.42 Å². The van der Waals surface area contributed by atoms with Gasteiger partial charge in [-0.15, -0.1) is 0 Å². The van der Waals surface area contributed by atoms with Crippen LogP contribution in [0.4, 0.5) is 5.69 Å². The van der Waals surface area contributed by atoms with Crippen molar-refractivity contribution in [2.75, 3.05) is 5.73 Å². The Morgan fingerprint density at radius 2 is 1.59 bits per heavy atom. The molecule has 90 valence electrons. The highest BCUT2D eigenvalue weighted by Crippen LogP contribution is 2.10. The lowest BCUT2D eigenvalue weighted by Crippen LogP contribution is -1.97. The van der Waals surface area contributed by atoms with Crippen molar-refractivity contribution in [2.45, 2.75) is 4.90 Å². The normalized spacial score (nSPS) is 10.2. The quantitative estimate of drug-likeness (QED) is 0.580. The highest BCUT2D eigenvalue weighted by Gasteiger charge is 2.06. The van der Waals surface area contributed by atoms with Gasteiger partial charge in [-0.3, -0.25) is 4.55 Å². The van der Waals surface area contributed by atoms with E-state index in [0.717, 1.165) is 0 Å². The van der Waals surface area contributed by atoms with Crippen LogP contribution in [0, 0.1) is 0 Å². The Morgan fingerprint density at radius 1 is 1.06 bits per heavy atom. The summed E-state index contributed by atoms with van der Waals surface area (Å²) in [5.74, 6) is 0. The fourth-order valence-corrected chi connectivity index (χ4v) is 1.37. The molecule has 0 fully saturated rings. The van der Waals surface area contributed by atoms with Gasteiger partial charge in [0, 0.05) is 18.1 Å². The van der Waals surface area contributed by atoms with Gasteiger partial charge in [0.1, 0.15) is 6.33 Å². The molecule has 0 amide bonds. The fourth-order valence-electron chi connectivity index (χ4n) is 0.893. The first-order valence-electron chi connectivity index (χ1n) is 4.53. The van der Waals surface area contributed by atoms with Crippen LogP contribution in [-0.2, 0) is 10.1 Å². The highest BCUT2D eigenvalue weighted by atomic mass is 32.2. The van der Waals surface area contributed by atoms with E-state index in [-0.39, 0.29) is 4.90 Å². The van der Waals surface area contributed by atoms with E-state index in [4.69, 9.17) is 10.3 Å². The molecule has 2 aromatic rings. The van der Waals surface area contributed by atoms with Gasteiger partial charge in [0.25, 0.3) is 10.1 Å². The molecule has 0 radical (unpaired) electrons. The SMILES string of the molecule is Nc1ccc(S(=O)(=O)O)cc1.c1cncnc1. The highest BCUT2D eigenvalue weighted by molar-refractivity contribution is 7.85. The van der Waals surface area contributed by atoms with Gasteiger partial charge in [-0.1, -0.05) is 0 Å². The average Bonchev–Trinajstić information content (AvgIpc) is 2.31. The molecule has 7 heteroatoms. The first-order valence-corrected chi connectivity index (χ1v) is 5.97. The van der Waals surface area contributed by atoms with E-state index in [1.807, 2.05) is 0 Å². The lowest BCUT2D eigenvalue weighted by molar-refractivity contribution is 0.483. The number of nitrogen functional groups attached to an aromatic ring is 1. The van der Waals surface area contributed by atoms with Crippen molar-refractivity contribution in [1.29, 1.82) is 0 Å². The van der Waals surface area contributed by atoms with Crippen LogP contribution in [0.15, 0.2) is 53.9 Å². The van der Waals surface area contributed by atoms with Gasteiger partial charge in [-0.25, -0.2) is 9.97 Å². The van der Waals surface area contributed by atoms with Crippen molar-refractivity contribution < 1.29 is 13.0 Å². The number of anilines is 1. The maximum Gasteiger partial charge on any atom is 0.294 e. The van der Waals surface area contributed by atoms with E-state index < -0.39 is 10.1 Å². The molecule has 0 spiro atoms. The van der Waals surface area contributed by atoms with Crippen LogP contribution in [0.3, 0.4) is 0 Å². The van der Waals surface area contributed by atoms with Crippen LogP contribution in [0.2, 0.25) is 0 Å². The second-order valence-electron chi connectivity index (χ2n) is 2.95. The largest absolute Gasteiger partial charge is 0.399 e. The van der Waals surface area contributed by atoms with E-state index >= 15 is 0 Å². The summed E-state index contributed by atoms with van der Waals surface area (Å²) in [7, 11) is -4.08. The van der Waals surface area contributed by atoms with Crippen molar-refractivity contribution in [3.63, 3.8) is 0 Å². The molecule has 0 saturated carbocycles. The molecule has 0 aliphatic heterocycles. The Morgan fingerprint density at radius 3 is 1.88 bits per heavy atom. The van der Waals surface area contributed by atoms with Crippen LogP contribution in [0.5, 0.6) is 0 Å². The molecule has 0 aliphatic rings. The first kappa shape index (κ1) is 13.1. The molecule has 0 saturated heterocycles. The average molecular weight is 253 g/mol. The smallest absolute Gasteiger partial charge is 0.294 e. The monoisotopic (exact) mass is 253 g/mol. The summed E-state index contributed by atoms with van der Waals surface area (Å²) in [5, 5.41) is 0. The molecule has 3 N–H and O–H groups in total. The molecule has 0 bridgehead atoms. The summed E-state index contributed by atoms with van der Waals surface area (Å²) in [4.78, 5) is 7.20. The summed E-state index contributed by atoms with van der Waals surface area (Å²) in [6.07, 6.45) is 4.88. The van der Waals surface area contributed by atoms with E-state index in [1.165, 1.54) is 30.6 Å². The van der Waals surface area contributed by atoms with Gasteiger partial charge in [0.15, 0.2) is 0 Å². The van der Waals surface area contributed by atoms with Crippen molar-refractivity contribution in [2.24, 2.45) is 0 Å². The Labute approximate surface area is 98.9 Å². The molecule has 0 atom stereocenters. The molecular formula is C10H11N3O3S. The van der Waals surface area contributed by atoms with E-state index in [0.29, 0.717) is 5.69 Å². The maximum atomic E-state index is 10.5. The van der Waals surface area contributed by atoms with Gasteiger partial charge >= 0.3 is 0 Å². The second kappa shape index (κ2) is 5.92. The Bertz CT molecular complexity index is 514. The van der Waals surface area contributed by atoms with E-state index in [1.54, 1.807) is 18.5 Å². The minimum absolute atomic E-state index is 0.147. The summed E-state index contributed by atoms with van der Waals surface area (Å²) < 4.78 is 29.4. The van der Waals surface area contributed by atoms with Gasteiger partial charge in [0.2, 0.25) is 0 Å². The van der Waals surface area contributed by atoms with Crippen molar-refractivity contribution in [3.8, 4) is 0 Å². The molecule has 1 aromatic carbocycles. The third-order valence-electron chi connectivity index (χ3n) is 1.66. The molecule has 2 rings (SSSR count). The summed E-state index contributed by atoms with van der Waals surface area (Å²) >= 11 is 0. The van der Waals surface area contributed by atoms with Gasteiger partial charge < -0.3 is 5.73 Å². The van der Waals surface area contributed by atoms with Crippen LogP contribution in [0.1, 0.15) is 0 Å². The third kappa shape index (κ3) is 5.05. The van der Waals surface area contributed by atoms with Gasteiger partial charge in [-0.2, -0.15) is 8.42 Å². The third-order valence-corrected chi connectivity index (χ3v) is 2.52. The lowest BCUT2D eigenvalue weighted by atomic mass is 10.3. The molecule has 1 heterocycles. The standard InChI is InChI=1S/C6H7NO3S.C4H4N2/c7-5-1-3-6(4-2-5)11(8,9)10;1-2-5-4-6-3-1/h1-4H,7H2,(H,8,9,10);1-4H. The van der Waals surface area contributed by atoms with Gasteiger partial charge in [-0.05, 0) is 30.3 Å². The minimum Gasteiger partial charge on any atom is -0.399 e. The number of benzene rings is 1. The number of hydrogen-bond acceptors (Lipinski definition) is 5. The summed E-state index contributed by atoms with van der Waals surface area (Å²) in [6, 6.07) is 7.07. The number of aromatic nitrogens is 2. The van der Waals surface area contributed by atoms with Crippen molar-refractivity contribution >= 4 is 15.8 Å². The minimum atomic E-state index is -4.08. The topological polar surface area (TPSA) is 106 Å². The molecule has 17 heavy (non-hydrogen) atoms. The molecule has 6 nitrogen and oxygen atoms in total. The Hall–Kier alpha value is -1.99. The molecule has 0 aliphatic carbocycles. The van der Waals surface area contributed by atoms with Crippen LogP contribution in [0.25, 0.3) is 0 Å². The zero-order valence-electron chi connectivity index (χ0n) is 8.76. The lowest BCUT2D eigenvalue weighted by Gasteiger charge is -1.95. The Kier molecular flexibility index (Phi) is 4.56. The molecule has 0 unspecified atom stereocenters. The number of hydrogen-bond donors (Lipinski definition) is 2. The molecule has 1 aromatic heterocycles. The summed E-state index contributed by atoms with van der Waals surface area (Å²) in [5.41, 5.74) is 5.75. The van der Waals surface area contributed by atoms with E-state index in [2.05, 4.69) is 9.97 Å². The number of nitrogens with zero attached hydrogens (tertiary/aromatic N) is 2. The van der Waals surface area contributed by atoms with Crippen LogP contribution >= 0.6 is 0 Å². The van der Waals surface area contributed by atoms with Crippen molar-refractivity contribution in [1.82, 2.24) is 9.97 Å². The number of nitrogens with two attached hydrogens (primary N) is 1. The second-order valence-corrected chi connectivity index (χ2v) is 4.37. The van der Waals surface area contributed by atoms with Crippen LogP contribution < -0.4 is 5.73 Å². The zero-order chi connectivity index (χ0) is 12.7. The van der Waals surface area contributed by atoms with Gasteiger partial charge in [0.05, 0.1) is 4.90 Å².